The van der Waals surface area contributed by atoms with Gasteiger partial charge in [0, 0.05) is 18.4 Å². The van der Waals surface area contributed by atoms with E-state index in [-0.39, 0.29) is 5.75 Å². The van der Waals surface area contributed by atoms with Crippen molar-refractivity contribution < 1.29 is 14.3 Å². The van der Waals surface area contributed by atoms with E-state index in [1.165, 1.54) is 24.0 Å². The third kappa shape index (κ3) is 3.77. The lowest BCUT2D eigenvalue weighted by atomic mass is 9.99. The summed E-state index contributed by atoms with van der Waals surface area (Å²) < 4.78 is 11.9. The Balaban J connectivity index is 1.42. The molecule has 146 valence electrons. The molecule has 4 nitrogen and oxygen atoms in total. The number of oxazole rings is 1. The second kappa shape index (κ2) is 8.09. The van der Waals surface area contributed by atoms with Crippen molar-refractivity contribution in [3.63, 3.8) is 0 Å². The molecule has 0 unspecified atom stereocenters. The maximum Gasteiger partial charge on any atom is 0.226 e. The van der Waals surface area contributed by atoms with Crippen molar-refractivity contribution in [3.05, 3.63) is 65.0 Å². The first-order valence-corrected chi connectivity index (χ1v) is 10.2. The summed E-state index contributed by atoms with van der Waals surface area (Å²) >= 11 is 0. The predicted octanol–water partition coefficient (Wildman–Crippen LogP) is 5.67. The monoisotopic (exact) mass is 377 g/mol. The second-order valence-electron chi connectivity index (χ2n) is 7.39. The van der Waals surface area contributed by atoms with Crippen LogP contribution in [0.5, 0.6) is 11.5 Å². The zero-order valence-corrected chi connectivity index (χ0v) is 16.6. The number of ether oxygens (including phenoxy) is 1. The van der Waals surface area contributed by atoms with E-state index in [1.54, 1.807) is 12.1 Å². The molecule has 1 heterocycles. The van der Waals surface area contributed by atoms with E-state index in [1.807, 2.05) is 12.1 Å². The molecule has 1 atom stereocenters. The predicted molar refractivity (Wildman–Crippen MR) is 110 cm³/mol. The molecular formula is C24H27NO3. The number of nitrogens with zero attached hydrogens (tertiary/aromatic N) is 1. The van der Waals surface area contributed by atoms with Gasteiger partial charge in [0.1, 0.15) is 17.3 Å². The highest BCUT2D eigenvalue weighted by Crippen LogP contribution is 2.37. The van der Waals surface area contributed by atoms with Gasteiger partial charge in [-0.3, -0.25) is 0 Å². The highest BCUT2D eigenvalue weighted by Gasteiger charge is 2.21. The van der Waals surface area contributed by atoms with Crippen molar-refractivity contribution in [2.45, 2.75) is 51.9 Å². The fourth-order valence-corrected chi connectivity index (χ4v) is 4.04. The molecule has 4 heteroatoms. The van der Waals surface area contributed by atoms with Crippen LogP contribution in [0.25, 0.3) is 11.5 Å². The van der Waals surface area contributed by atoms with E-state index in [9.17, 15) is 5.11 Å². The summed E-state index contributed by atoms with van der Waals surface area (Å²) in [6.45, 7) is 4.90. The van der Waals surface area contributed by atoms with Crippen molar-refractivity contribution in [3.8, 4) is 23.0 Å². The number of aromatic nitrogens is 1. The normalized spacial score (nSPS) is 15.6. The lowest BCUT2D eigenvalue weighted by molar-refractivity contribution is 0.319. The highest BCUT2D eigenvalue weighted by molar-refractivity contribution is 5.55. The van der Waals surface area contributed by atoms with E-state index in [0.717, 1.165) is 35.6 Å². The number of aryl methyl sites for hydroxylation is 2. The molecule has 1 aliphatic rings. The molecule has 28 heavy (non-hydrogen) atoms. The van der Waals surface area contributed by atoms with Crippen LogP contribution in [0.15, 0.2) is 46.9 Å². The van der Waals surface area contributed by atoms with Crippen molar-refractivity contribution in [1.29, 1.82) is 0 Å². The molecule has 2 aromatic carbocycles. The quantitative estimate of drug-likeness (QED) is 0.576. The summed E-state index contributed by atoms with van der Waals surface area (Å²) in [5.74, 6) is 3.38. The average molecular weight is 377 g/mol. The number of fused-ring (bicyclic) bond motifs is 1. The van der Waals surface area contributed by atoms with Gasteiger partial charge < -0.3 is 14.3 Å². The van der Waals surface area contributed by atoms with Gasteiger partial charge in [0.2, 0.25) is 5.89 Å². The Morgan fingerprint density at radius 1 is 1.14 bits per heavy atom. The minimum atomic E-state index is 0.235. The van der Waals surface area contributed by atoms with Gasteiger partial charge >= 0.3 is 0 Å². The maximum absolute atomic E-state index is 9.45. The molecule has 0 radical (unpaired) electrons. The molecule has 0 aliphatic heterocycles. The third-order valence-electron chi connectivity index (χ3n) is 5.63. The Morgan fingerprint density at radius 2 is 1.96 bits per heavy atom. The van der Waals surface area contributed by atoms with Crippen molar-refractivity contribution in [2.75, 3.05) is 6.61 Å². The summed E-state index contributed by atoms with van der Waals surface area (Å²) in [5, 5.41) is 9.45. The van der Waals surface area contributed by atoms with Gasteiger partial charge in [0.15, 0.2) is 0 Å². The van der Waals surface area contributed by atoms with Crippen LogP contribution in [0.1, 0.15) is 55.2 Å². The van der Waals surface area contributed by atoms with E-state index in [4.69, 9.17) is 9.15 Å². The van der Waals surface area contributed by atoms with Crippen LogP contribution in [0.2, 0.25) is 0 Å². The van der Waals surface area contributed by atoms with Crippen molar-refractivity contribution >= 4 is 0 Å². The first kappa shape index (κ1) is 18.6. The summed E-state index contributed by atoms with van der Waals surface area (Å²) in [7, 11) is 0. The number of hydrogen-bond acceptors (Lipinski definition) is 4. The van der Waals surface area contributed by atoms with Crippen LogP contribution < -0.4 is 4.74 Å². The molecule has 0 amide bonds. The zero-order chi connectivity index (χ0) is 19.5. The second-order valence-corrected chi connectivity index (χ2v) is 7.39. The van der Waals surface area contributed by atoms with Crippen LogP contribution in [0.3, 0.4) is 0 Å². The van der Waals surface area contributed by atoms with Gasteiger partial charge in [0.05, 0.1) is 12.3 Å². The maximum atomic E-state index is 9.45. The summed E-state index contributed by atoms with van der Waals surface area (Å²) in [5.41, 5.74) is 4.74. The van der Waals surface area contributed by atoms with Gasteiger partial charge in [-0.05, 0) is 72.7 Å². The summed E-state index contributed by atoms with van der Waals surface area (Å²) in [6.07, 6.45) is 5.12. The molecule has 0 saturated carbocycles. The third-order valence-corrected chi connectivity index (χ3v) is 5.63. The van der Waals surface area contributed by atoms with Crippen LogP contribution in [0.4, 0.5) is 0 Å². The molecule has 0 fully saturated rings. The van der Waals surface area contributed by atoms with Gasteiger partial charge in [-0.25, -0.2) is 4.98 Å². The Bertz CT molecular complexity index is 943. The molecule has 0 bridgehead atoms. The number of benzene rings is 2. The van der Waals surface area contributed by atoms with Gasteiger partial charge in [-0.2, -0.15) is 0 Å². The fourth-order valence-electron chi connectivity index (χ4n) is 4.04. The smallest absolute Gasteiger partial charge is 0.226 e. The Hall–Kier alpha value is -2.75. The van der Waals surface area contributed by atoms with Crippen molar-refractivity contribution in [2.24, 2.45) is 0 Å². The lowest BCUT2D eigenvalue weighted by Gasteiger charge is -2.10. The minimum Gasteiger partial charge on any atom is -0.508 e. The molecular weight excluding hydrogens is 350 g/mol. The number of rotatable bonds is 7. The van der Waals surface area contributed by atoms with Gasteiger partial charge in [-0.1, -0.05) is 19.9 Å². The Labute approximate surface area is 166 Å². The molecule has 1 aliphatic carbocycles. The topological polar surface area (TPSA) is 55.5 Å². The van der Waals surface area contributed by atoms with Crippen LogP contribution in [-0.4, -0.2) is 16.7 Å². The summed E-state index contributed by atoms with van der Waals surface area (Å²) in [6, 6.07) is 13.5. The molecule has 4 rings (SSSR count). The largest absolute Gasteiger partial charge is 0.508 e. The molecule has 0 saturated heterocycles. The number of phenols is 1. The van der Waals surface area contributed by atoms with Gasteiger partial charge in [-0.15, -0.1) is 0 Å². The van der Waals surface area contributed by atoms with E-state index < -0.39 is 0 Å². The Morgan fingerprint density at radius 3 is 2.71 bits per heavy atom. The molecule has 1 N–H and O–H groups in total. The summed E-state index contributed by atoms with van der Waals surface area (Å²) in [4.78, 5) is 4.66. The standard InChI is InChI=1S/C24H27NO3/c1-3-16-5-6-18-15-20(11-12-21(16)18)27-14-13-22-23(4-2)28-24(25-22)17-7-9-19(26)10-8-17/h7-12,15-16,26H,3-6,13-14H2,1-2H3/t16-/m1/s1. The average Bonchev–Trinajstić information content (AvgIpc) is 3.32. The number of hydrogen-bond donors (Lipinski definition) is 1. The highest BCUT2D eigenvalue weighted by atomic mass is 16.5. The number of phenolic OH excluding ortho intramolecular Hbond substituents is 1. The van der Waals surface area contributed by atoms with Gasteiger partial charge in [0.25, 0.3) is 0 Å². The van der Waals surface area contributed by atoms with E-state index in [2.05, 4.69) is 37.0 Å². The first-order chi connectivity index (χ1) is 13.7. The minimum absolute atomic E-state index is 0.235. The van der Waals surface area contributed by atoms with Crippen LogP contribution in [-0.2, 0) is 19.3 Å². The van der Waals surface area contributed by atoms with Crippen LogP contribution >= 0.6 is 0 Å². The molecule has 0 spiro atoms. The lowest BCUT2D eigenvalue weighted by Crippen LogP contribution is -2.04. The first-order valence-electron chi connectivity index (χ1n) is 10.2. The zero-order valence-electron chi connectivity index (χ0n) is 16.6. The Kier molecular flexibility index (Phi) is 5.38. The van der Waals surface area contributed by atoms with Crippen molar-refractivity contribution in [1.82, 2.24) is 4.98 Å². The number of aromatic hydroxyl groups is 1. The fraction of sp³-hybridized carbons (Fsp3) is 0.375. The van der Waals surface area contributed by atoms with E-state index >= 15 is 0 Å². The van der Waals surface area contributed by atoms with Crippen LogP contribution in [0, 0.1) is 0 Å². The molecule has 1 aromatic heterocycles. The van der Waals surface area contributed by atoms with E-state index in [0.29, 0.717) is 24.8 Å². The molecule has 3 aromatic rings. The SMILES string of the molecule is CCc1oc(-c2ccc(O)cc2)nc1CCOc1ccc2c(c1)CC[C@H]2CC.